The maximum Gasteiger partial charge on any atom is 0.302 e. The normalized spacial score (nSPS) is 13.4. The minimum Gasteiger partial charge on any atom is -0.462 e. The first-order valence-corrected chi connectivity index (χ1v) is 7.26. The number of unbranched alkanes of at least 4 members (excludes halogenated alkanes) is 3. The number of esters is 1. The second kappa shape index (κ2) is 11.3. The van der Waals surface area contributed by atoms with Gasteiger partial charge in [0.2, 0.25) is 0 Å². The van der Waals surface area contributed by atoms with Crippen LogP contribution in [-0.4, -0.2) is 36.3 Å². The highest BCUT2D eigenvalue weighted by Crippen LogP contribution is 2.08. The van der Waals surface area contributed by atoms with Gasteiger partial charge in [0.25, 0.3) is 0 Å². The van der Waals surface area contributed by atoms with Gasteiger partial charge in [0.15, 0.2) is 5.16 Å². The van der Waals surface area contributed by atoms with E-state index in [-0.39, 0.29) is 6.61 Å². The molecule has 0 spiro atoms. The first-order valence-electron chi connectivity index (χ1n) is 5.94. The summed E-state index contributed by atoms with van der Waals surface area (Å²) in [7, 11) is 0.0363. The number of ether oxygens (including phenoxy) is 2. The van der Waals surface area contributed by atoms with Crippen molar-refractivity contribution in [2.75, 3.05) is 26.1 Å². The van der Waals surface area contributed by atoms with E-state index in [2.05, 4.69) is 4.74 Å². The molecule has 1 atom stereocenters. The molecule has 0 heterocycles. The van der Waals surface area contributed by atoms with Gasteiger partial charge in [-0.15, -0.1) is 0 Å². The second-order valence-corrected chi connectivity index (χ2v) is 5.26. The maximum absolute atomic E-state index is 13.2. The van der Waals surface area contributed by atoms with Crippen molar-refractivity contribution in [3.05, 3.63) is 11.2 Å². The highest BCUT2D eigenvalue weighted by atomic mass is 32.2. The van der Waals surface area contributed by atoms with Crippen molar-refractivity contribution in [1.82, 2.24) is 0 Å². The van der Waals surface area contributed by atoms with E-state index in [0.717, 1.165) is 31.9 Å². The van der Waals surface area contributed by atoms with Crippen LogP contribution in [0, 0.1) is 0 Å². The molecule has 0 saturated heterocycles. The van der Waals surface area contributed by atoms with Crippen LogP contribution in [0.5, 0.6) is 0 Å². The fourth-order valence-electron chi connectivity index (χ4n) is 1.25. The topological polar surface area (TPSA) is 52.6 Å². The first-order chi connectivity index (χ1) is 8.57. The molecule has 0 saturated carbocycles. The van der Waals surface area contributed by atoms with E-state index < -0.39 is 21.9 Å². The number of rotatable bonds is 10. The van der Waals surface area contributed by atoms with Crippen LogP contribution in [-0.2, 0) is 25.1 Å². The van der Waals surface area contributed by atoms with Crippen molar-refractivity contribution >= 4 is 16.8 Å². The number of methoxy groups -OCH3 is 1. The van der Waals surface area contributed by atoms with Gasteiger partial charge in [-0.3, -0.25) is 9.00 Å². The molecule has 0 N–H and O–H groups in total. The molecule has 0 aliphatic carbocycles. The molecule has 0 amide bonds. The number of hydrogen-bond donors (Lipinski definition) is 0. The highest BCUT2D eigenvalue weighted by molar-refractivity contribution is 7.88. The summed E-state index contributed by atoms with van der Waals surface area (Å²) in [4.78, 5) is 10.4. The Morgan fingerprint density at radius 1 is 1.28 bits per heavy atom. The molecule has 0 fully saturated rings. The molecule has 0 rings (SSSR count). The van der Waals surface area contributed by atoms with Crippen molar-refractivity contribution < 1.29 is 22.9 Å². The minimum absolute atomic E-state index is 0.166. The summed E-state index contributed by atoms with van der Waals surface area (Å²) < 4.78 is 34.1. The van der Waals surface area contributed by atoms with Gasteiger partial charge in [-0.25, -0.2) is 0 Å². The van der Waals surface area contributed by atoms with Crippen molar-refractivity contribution in [3.63, 3.8) is 0 Å². The molecule has 0 bridgehead atoms. The predicted octanol–water partition coefficient (Wildman–Crippen LogP) is 2.32. The Kier molecular flexibility index (Phi) is 10.9. The van der Waals surface area contributed by atoms with Gasteiger partial charge < -0.3 is 9.47 Å². The zero-order chi connectivity index (χ0) is 13.8. The van der Waals surface area contributed by atoms with E-state index in [1.165, 1.54) is 6.92 Å². The lowest BCUT2D eigenvalue weighted by Gasteiger charge is -2.01. The van der Waals surface area contributed by atoms with E-state index in [0.29, 0.717) is 12.2 Å². The van der Waals surface area contributed by atoms with E-state index in [1.807, 2.05) is 0 Å². The molecule has 0 aliphatic rings. The van der Waals surface area contributed by atoms with E-state index >= 15 is 0 Å². The fourth-order valence-corrected chi connectivity index (χ4v) is 2.16. The van der Waals surface area contributed by atoms with Crippen LogP contribution in [0.4, 0.5) is 4.39 Å². The SMILES string of the molecule is COCCCCCCS(=O)C(F)=CCOC(C)=O. The molecule has 4 nitrogen and oxygen atoms in total. The summed E-state index contributed by atoms with van der Waals surface area (Å²) in [6, 6.07) is 0. The number of halogens is 1. The number of carbonyl (C=O) groups excluding carboxylic acids is 1. The molecule has 1 unspecified atom stereocenters. The smallest absolute Gasteiger partial charge is 0.302 e. The van der Waals surface area contributed by atoms with Crippen LogP contribution in [0.15, 0.2) is 11.2 Å². The maximum atomic E-state index is 13.2. The molecule has 0 aromatic carbocycles. The molecule has 0 aromatic heterocycles. The Morgan fingerprint density at radius 2 is 1.94 bits per heavy atom. The molecule has 0 aliphatic heterocycles. The molecular weight excluding hydrogens is 259 g/mol. The Bertz CT molecular complexity index is 292. The van der Waals surface area contributed by atoms with Gasteiger partial charge in [0.1, 0.15) is 6.61 Å². The molecule has 0 radical (unpaired) electrons. The zero-order valence-corrected chi connectivity index (χ0v) is 11.8. The summed E-state index contributed by atoms with van der Waals surface area (Å²) in [5.41, 5.74) is 0. The largest absolute Gasteiger partial charge is 0.462 e. The third kappa shape index (κ3) is 10.4. The summed E-state index contributed by atoms with van der Waals surface area (Å²) in [5.74, 6) is -0.182. The van der Waals surface area contributed by atoms with E-state index in [1.54, 1.807) is 7.11 Å². The van der Waals surface area contributed by atoms with Crippen LogP contribution >= 0.6 is 0 Å². The lowest BCUT2D eigenvalue weighted by atomic mass is 10.2. The Hall–Kier alpha value is -0.750. The van der Waals surface area contributed by atoms with Crippen LogP contribution in [0.25, 0.3) is 0 Å². The van der Waals surface area contributed by atoms with Crippen LogP contribution < -0.4 is 0 Å². The monoisotopic (exact) mass is 280 g/mol. The Morgan fingerprint density at radius 3 is 2.56 bits per heavy atom. The van der Waals surface area contributed by atoms with Crippen molar-refractivity contribution in [1.29, 1.82) is 0 Å². The molecule has 0 aromatic rings. The third-order valence-electron chi connectivity index (χ3n) is 2.18. The Labute approximate surface area is 110 Å². The van der Waals surface area contributed by atoms with Gasteiger partial charge in [0, 0.05) is 26.4 Å². The van der Waals surface area contributed by atoms with Crippen LogP contribution in [0.3, 0.4) is 0 Å². The van der Waals surface area contributed by atoms with Crippen LogP contribution in [0.1, 0.15) is 32.6 Å². The molecule has 18 heavy (non-hydrogen) atoms. The summed E-state index contributed by atoms with van der Waals surface area (Å²) in [6.45, 7) is 1.79. The number of carbonyl (C=O) groups is 1. The second-order valence-electron chi connectivity index (χ2n) is 3.77. The van der Waals surface area contributed by atoms with Crippen molar-refractivity contribution in [2.24, 2.45) is 0 Å². The number of hydrogen-bond acceptors (Lipinski definition) is 4. The average molecular weight is 280 g/mol. The quantitative estimate of drug-likeness (QED) is 0.455. The van der Waals surface area contributed by atoms with Gasteiger partial charge in [-0.1, -0.05) is 12.8 Å². The van der Waals surface area contributed by atoms with Crippen LogP contribution in [0.2, 0.25) is 0 Å². The lowest BCUT2D eigenvalue weighted by molar-refractivity contribution is -0.139. The molecule has 106 valence electrons. The fraction of sp³-hybridized carbons (Fsp3) is 0.750. The minimum atomic E-state index is -1.61. The van der Waals surface area contributed by atoms with Gasteiger partial charge in [-0.05, 0) is 18.9 Å². The summed E-state index contributed by atoms with van der Waals surface area (Å²) >= 11 is 0. The average Bonchev–Trinajstić information content (AvgIpc) is 2.32. The summed E-state index contributed by atoms with van der Waals surface area (Å²) in [5, 5.41) is -0.715. The Balaban J connectivity index is 3.64. The third-order valence-corrected chi connectivity index (χ3v) is 3.44. The molecule has 6 heteroatoms. The van der Waals surface area contributed by atoms with Gasteiger partial charge in [0.05, 0.1) is 10.8 Å². The highest BCUT2D eigenvalue weighted by Gasteiger charge is 2.06. The van der Waals surface area contributed by atoms with Crippen molar-refractivity contribution in [2.45, 2.75) is 32.6 Å². The predicted molar refractivity (Wildman–Crippen MR) is 69.2 cm³/mol. The zero-order valence-electron chi connectivity index (χ0n) is 10.9. The van der Waals surface area contributed by atoms with E-state index in [9.17, 15) is 13.4 Å². The lowest BCUT2D eigenvalue weighted by Crippen LogP contribution is -2.02. The summed E-state index contributed by atoms with van der Waals surface area (Å²) in [6.07, 6.45) is 4.62. The van der Waals surface area contributed by atoms with Crippen molar-refractivity contribution in [3.8, 4) is 0 Å². The van der Waals surface area contributed by atoms with Gasteiger partial charge in [-0.2, -0.15) is 4.39 Å². The first kappa shape index (κ1) is 17.2. The standard InChI is InChI=1S/C12H21FO4S/c1-11(14)17-9-7-12(13)18(15)10-6-4-3-5-8-16-2/h7H,3-6,8-10H2,1-2H3. The van der Waals surface area contributed by atoms with Gasteiger partial charge >= 0.3 is 5.97 Å². The molecular formula is C12H21FO4S. The van der Waals surface area contributed by atoms with E-state index in [4.69, 9.17) is 4.74 Å².